The topological polar surface area (TPSA) is 69.4 Å². The zero-order valence-corrected chi connectivity index (χ0v) is 18.6. The number of aromatic nitrogens is 1. The molecule has 2 saturated heterocycles. The van der Waals surface area contributed by atoms with E-state index in [4.69, 9.17) is 14.3 Å². The maximum atomic E-state index is 5.40. The van der Waals surface area contributed by atoms with Gasteiger partial charge in [0.2, 0.25) is 0 Å². The van der Waals surface area contributed by atoms with Gasteiger partial charge in [-0.25, -0.2) is 0 Å². The van der Waals surface area contributed by atoms with E-state index in [-0.39, 0.29) is 24.0 Å². The molecule has 8 nitrogen and oxygen atoms in total. The summed E-state index contributed by atoms with van der Waals surface area (Å²) in [5.74, 6) is 1.05. The largest absolute Gasteiger partial charge is 0.379 e. The second kappa shape index (κ2) is 12.5. The van der Waals surface area contributed by atoms with Crippen molar-refractivity contribution in [2.24, 2.45) is 4.99 Å². The number of morpholine rings is 1. The predicted molar refractivity (Wildman–Crippen MR) is 117 cm³/mol. The van der Waals surface area contributed by atoms with Gasteiger partial charge in [0.25, 0.3) is 0 Å². The van der Waals surface area contributed by atoms with Crippen molar-refractivity contribution in [2.45, 2.75) is 19.9 Å². The van der Waals surface area contributed by atoms with Crippen LogP contribution in [0.25, 0.3) is 0 Å². The highest BCUT2D eigenvalue weighted by atomic mass is 127. The fourth-order valence-corrected chi connectivity index (χ4v) is 3.40. The lowest BCUT2D eigenvalue weighted by Crippen LogP contribution is -2.52. The molecule has 27 heavy (non-hydrogen) atoms. The Balaban J connectivity index is 0.00000261. The highest BCUT2D eigenvalue weighted by molar-refractivity contribution is 14.0. The Morgan fingerprint density at radius 1 is 1.15 bits per heavy atom. The number of hydrogen-bond donors (Lipinski definition) is 1. The molecule has 0 aromatic carbocycles. The Bertz CT molecular complexity index is 528. The van der Waals surface area contributed by atoms with Gasteiger partial charge in [0.1, 0.15) is 6.26 Å². The monoisotopic (exact) mass is 492 g/mol. The molecule has 1 aromatic heterocycles. The van der Waals surface area contributed by atoms with Crippen LogP contribution in [-0.2, 0) is 11.3 Å². The summed E-state index contributed by atoms with van der Waals surface area (Å²) in [7, 11) is 0. The molecule has 2 aliphatic heterocycles. The fraction of sp³-hybridized carbons (Fsp3) is 0.778. The van der Waals surface area contributed by atoms with E-state index in [2.05, 4.69) is 32.1 Å². The van der Waals surface area contributed by atoms with E-state index >= 15 is 0 Å². The third-order valence-corrected chi connectivity index (χ3v) is 4.88. The molecule has 0 saturated carbocycles. The minimum Gasteiger partial charge on any atom is -0.379 e. The van der Waals surface area contributed by atoms with Gasteiger partial charge >= 0.3 is 0 Å². The molecule has 0 bridgehead atoms. The average Bonchev–Trinajstić information content (AvgIpc) is 3.19. The standard InChI is InChI=1S/C18H32N6O2.HI/c1-2-19-18(20-5-3-6-22-11-14-25-15-12-22)24-9-7-23(8-10-24)16-17-4-13-26-21-17;/h4,13H,2-3,5-12,14-16H2,1H3,(H,19,20);1H. The molecule has 0 atom stereocenters. The molecule has 0 spiro atoms. The van der Waals surface area contributed by atoms with Crippen molar-refractivity contribution < 1.29 is 9.26 Å². The molecule has 2 aliphatic rings. The smallest absolute Gasteiger partial charge is 0.194 e. The van der Waals surface area contributed by atoms with Gasteiger partial charge in [0, 0.05) is 71.5 Å². The number of halogens is 1. The van der Waals surface area contributed by atoms with E-state index in [1.165, 1.54) is 0 Å². The van der Waals surface area contributed by atoms with E-state index in [1.54, 1.807) is 6.26 Å². The number of ether oxygens (including phenoxy) is 1. The summed E-state index contributed by atoms with van der Waals surface area (Å²) in [5.41, 5.74) is 1.00. The molecule has 154 valence electrons. The maximum Gasteiger partial charge on any atom is 0.194 e. The summed E-state index contributed by atoms with van der Waals surface area (Å²) in [6, 6.07) is 1.94. The highest BCUT2D eigenvalue weighted by Gasteiger charge is 2.20. The quantitative estimate of drug-likeness (QED) is 0.265. The van der Waals surface area contributed by atoms with Gasteiger partial charge in [-0.1, -0.05) is 5.16 Å². The average molecular weight is 492 g/mol. The molecule has 2 fully saturated rings. The molecule has 0 radical (unpaired) electrons. The third-order valence-electron chi connectivity index (χ3n) is 4.88. The summed E-state index contributed by atoms with van der Waals surface area (Å²) in [4.78, 5) is 12.1. The van der Waals surface area contributed by atoms with Crippen molar-refractivity contribution in [2.75, 3.05) is 72.1 Å². The van der Waals surface area contributed by atoms with Crippen LogP contribution < -0.4 is 5.32 Å². The molecule has 0 aliphatic carbocycles. The van der Waals surface area contributed by atoms with Crippen LogP contribution in [0, 0.1) is 0 Å². The van der Waals surface area contributed by atoms with Gasteiger partial charge in [-0.05, 0) is 13.3 Å². The number of nitrogens with one attached hydrogen (secondary N) is 1. The minimum absolute atomic E-state index is 0. The fourth-order valence-electron chi connectivity index (χ4n) is 3.40. The Hall–Kier alpha value is -0.910. The summed E-state index contributed by atoms with van der Waals surface area (Å²) in [5, 5.41) is 7.45. The first kappa shape index (κ1) is 22.4. The highest BCUT2D eigenvalue weighted by Crippen LogP contribution is 2.07. The van der Waals surface area contributed by atoms with Crippen molar-refractivity contribution in [1.29, 1.82) is 0 Å². The number of rotatable bonds is 7. The summed E-state index contributed by atoms with van der Waals surface area (Å²) >= 11 is 0. The molecular weight excluding hydrogens is 459 g/mol. The van der Waals surface area contributed by atoms with Gasteiger partial charge in [0.05, 0.1) is 18.9 Å². The van der Waals surface area contributed by atoms with Crippen molar-refractivity contribution in [1.82, 2.24) is 25.2 Å². The summed E-state index contributed by atoms with van der Waals surface area (Å²) < 4.78 is 10.3. The molecule has 3 rings (SSSR count). The third kappa shape index (κ3) is 7.55. The number of hydrogen-bond acceptors (Lipinski definition) is 6. The van der Waals surface area contributed by atoms with Crippen LogP contribution >= 0.6 is 24.0 Å². The first-order chi connectivity index (χ1) is 12.8. The molecule has 3 heterocycles. The number of nitrogens with zero attached hydrogens (tertiary/aromatic N) is 5. The number of aliphatic imine (C=N–C) groups is 1. The van der Waals surface area contributed by atoms with Crippen molar-refractivity contribution in [3.8, 4) is 0 Å². The normalized spacial score (nSPS) is 19.7. The lowest BCUT2D eigenvalue weighted by Gasteiger charge is -2.36. The second-order valence-electron chi connectivity index (χ2n) is 6.80. The Morgan fingerprint density at radius 2 is 1.93 bits per heavy atom. The van der Waals surface area contributed by atoms with Crippen LogP contribution in [0.3, 0.4) is 0 Å². The van der Waals surface area contributed by atoms with Crippen LogP contribution in [0.15, 0.2) is 21.8 Å². The predicted octanol–water partition coefficient (Wildman–Crippen LogP) is 1.10. The van der Waals surface area contributed by atoms with E-state index in [0.29, 0.717) is 0 Å². The van der Waals surface area contributed by atoms with Crippen LogP contribution in [0.1, 0.15) is 19.0 Å². The van der Waals surface area contributed by atoms with E-state index in [0.717, 1.165) is 96.7 Å². The maximum absolute atomic E-state index is 5.40. The SMILES string of the molecule is CCNC(=NCCCN1CCOCC1)N1CCN(Cc2ccon2)CC1.I. The van der Waals surface area contributed by atoms with Gasteiger partial charge in [-0.2, -0.15) is 0 Å². The van der Waals surface area contributed by atoms with Crippen LogP contribution in [-0.4, -0.2) is 97.9 Å². The van der Waals surface area contributed by atoms with E-state index < -0.39 is 0 Å². The molecule has 1 aromatic rings. The number of guanidine groups is 1. The summed E-state index contributed by atoms with van der Waals surface area (Å²) in [6.07, 6.45) is 2.74. The zero-order valence-electron chi connectivity index (χ0n) is 16.3. The van der Waals surface area contributed by atoms with Gasteiger partial charge in [0.15, 0.2) is 5.96 Å². The van der Waals surface area contributed by atoms with Crippen molar-refractivity contribution >= 4 is 29.9 Å². The van der Waals surface area contributed by atoms with Crippen molar-refractivity contribution in [3.05, 3.63) is 18.0 Å². The van der Waals surface area contributed by atoms with Crippen LogP contribution in [0.5, 0.6) is 0 Å². The van der Waals surface area contributed by atoms with Gasteiger partial charge < -0.3 is 19.5 Å². The first-order valence-electron chi connectivity index (χ1n) is 9.80. The lowest BCUT2D eigenvalue weighted by atomic mass is 10.3. The molecule has 9 heteroatoms. The van der Waals surface area contributed by atoms with E-state index in [1.807, 2.05) is 6.07 Å². The Labute approximate surface area is 179 Å². The zero-order chi connectivity index (χ0) is 18.0. The second-order valence-corrected chi connectivity index (χ2v) is 6.80. The minimum atomic E-state index is 0. The Morgan fingerprint density at radius 3 is 2.59 bits per heavy atom. The summed E-state index contributed by atoms with van der Waals surface area (Å²) in [6.45, 7) is 13.7. The van der Waals surface area contributed by atoms with E-state index in [9.17, 15) is 0 Å². The lowest BCUT2D eigenvalue weighted by molar-refractivity contribution is 0.0377. The molecule has 0 unspecified atom stereocenters. The van der Waals surface area contributed by atoms with Gasteiger partial charge in [-0.3, -0.25) is 14.8 Å². The molecular formula is C18H33IN6O2. The van der Waals surface area contributed by atoms with Crippen LogP contribution in [0.2, 0.25) is 0 Å². The van der Waals surface area contributed by atoms with Crippen LogP contribution in [0.4, 0.5) is 0 Å². The van der Waals surface area contributed by atoms with Crippen molar-refractivity contribution in [3.63, 3.8) is 0 Å². The number of piperazine rings is 1. The Kier molecular flexibility index (Phi) is 10.4. The van der Waals surface area contributed by atoms with Gasteiger partial charge in [-0.15, -0.1) is 24.0 Å². The first-order valence-corrected chi connectivity index (χ1v) is 9.80. The molecule has 0 amide bonds. The molecule has 1 N–H and O–H groups in total.